The van der Waals surface area contributed by atoms with Gasteiger partial charge < -0.3 is 15.5 Å². The number of carbonyl (C=O) groups excluding carboxylic acids is 1. The monoisotopic (exact) mass is 330 g/mol. The Labute approximate surface area is 140 Å². The van der Waals surface area contributed by atoms with Crippen LogP contribution in [0.2, 0.25) is 5.02 Å². The molecule has 0 aliphatic carbocycles. The normalized spacial score (nSPS) is 16.3. The molecule has 2 N–H and O–H groups in total. The van der Waals surface area contributed by atoms with Crippen molar-refractivity contribution in [2.45, 2.75) is 6.04 Å². The van der Waals surface area contributed by atoms with Crippen LogP contribution >= 0.6 is 11.6 Å². The molecule has 120 valence electrons. The molecule has 1 atom stereocenters. The standard InChI is InChI=1S/C17H19ClN4O/c18-14-6-7-15(20-12-14)21-8-10-22(11-9-21)17(23)16(19)13-4-2-1-3-5-13/h1-7,12,16H,8-11,19H2. The molecule has 6 heteroatoms. The zero-order valence-electron chi connectivity index (χ0n) is 12.7. The Morgan fingerprint density at radius 2 is 1.78 bits per heavy atom. The van der Waals surface area contributed by atoms with Crippen molar-refractivity contribution in [2.75, 3.05) is 31.1 Å². The highest BCUT2D eigenvalue weighted by molar-refractivity contribution is 6.30. The van der Waals surface area contributed by atoms with E-state index in [2.05, 4.69) is 9.88 Å². The van der Waals surface area contributed by atoms with Gasteiger partial charge in [-0.05, 0) is 17.7 Å². The molecular weight excluding hydrogens is 312 g/mol. The molecule has 3 rings (SSSR count). The van der Waals surface area contributed by atoms with E-state index in [1.807, 2.05) is 47.4 Å². The van der Waals surface area contributed by atoms with Gasteiger partial charge in [0.25, 0.3) is 0 Å². The summed E-state index contributed by atoms with van der Waals surface area (Å²) < 4.78 is 0. The van der Waals surface area contributed by atoms with Gasteiger partial charge in [-0.1, -0.05) is 41.9 Å². The highest BCUT2D eigenvalue weighted by Crippen LogP contribution is 2.18. The third-order valence-corrected chi connectivity index (χ3v) is 4.28. The molecule has 23 heavy (non-hydrogen) atoms. The lowest BCUT2D eigenvalue weighted by atomic mass is 10.1. The number of pyridine rings is 1. The minimum atomic E-state index is -0.601. The molecule has 1 aliphatic rings. The maximum absolute atomic E-state index is 12.5. The van der Waals surface area contributed by atoms with Crippen molar-refractivity contribution >= 4 is 23.3 Å². The van der Waals surface area contributed by atoms with Crippen LogP contribution in [0.3, 0.4) is 0 Å². The quantitative estimate of drug-likeness (QED) is 0.936. The molecule has 5 nitrogen and oxygen atoms in total. The van der Waals surface area contributed by atoms with E-state index in [0.717, 1.165) is 24.5 Å². The molecule has 0 bridgehead atoms. The number of benzene rings is 1. The van der Waals surface area contributed by atoms with Crippen molar-refractivity contribution in [1.82, 2.24) is 9.88 Å². The van der Waals surface area contributed by atoms with Gasteiger partial charge in [0.05, 0.1) is 5.02 Å². The summed E-state index contributed by atoms with van der Waals surface area (Å²) in [6.07, 6.45) is 1.64. The smallest absolute Gasteiger partial charge is 0.244 e. The van der Waals surface area contributed by atoms with E-state index < -0.39 is 6.04 Å². The summed E-state index contributed by atoms with van der Waals surface area (Å²) in [5.41, 5.74) is 6.95. The fraction of sp³-hybridized carbons (Fsp3) is 0.294. The van der Waals surface area contributed by atoms with Crippen LogP contribution in [-0.4, -0.2) is 42.0 Å². The molecule has 0 spiro atoms. The Morgan fingerprint density at radius 1 is 1.09 bits per heavy atom. The van der Waals surface area contributed by atoms with Crippen molar-refractivity contribution in [3.63, 3.8) is 0 Å². The summed E-state index contributed by atoms with van der Waals surface area (Å²) in [5.74, 6) is 0.855. The van der Waals surface area contributed by atoms with Crippen LogP contribution in [0.15, 0.2) is 48.7 Å². The molecular formula is C17H19ClN4O. The van der Waals surface area contributed by atoms with Crippen LogP contribution in [0.5, 0.6) is 0 Å². The number of amides is 1. The summed E-state index contributed by atoms with van der Waals surface area (Å²) in [5, 5.41) is 0.622. The summed E-state index contributed by atoms with van der Waals surface area (Å²) in [6, 6.07) is 12.6. The van der Waals surface area contributed by atoms with Gasteiger partial charge in [0, 0.05) is 32.4 Å². The number of hydrogen-bond donors (Lipinski definition) is 1. The lowest BCUT2D eigenvalue weighted by molar-refractivity contribution is -0.133. The zero-order valence-corrected chi connectivity index (χ0v) is 13.5. The first-order chi connectivity index (χ1) is 11.1. The number of piperazine rings is 1. The van der Waals surface area contributed by atoms with Crippen LogP contribution in [-0.2, 0) is 4.79 Å². The van der Waals surface area contributed by atoms with Crippen molar-refractivity contribution in [2.24, 2.45) is 5.73 Å². The topological polar surface area (TPSA) is 62.5 Å². The van der Waals surface area contributed by atoms with Gasteiger partial charge in [-0.3, -0.25) is 4.79 Å². The molecule has 2 heterocycles. The third kappa shape index (κ3) is 3.63. The lowest BCUT2D eigenvalue weighted by Gasteiger charge is -2.36. The first-order valence-electron chi connectivity index (χ1n) is 7.61. The highest BCUT2D eigenvalue weighted by atomic mass is 35.5. The van der Waals surface area contributed by atoms with Crippen LogP contribution < -0.4 is 10.6 Å². The fourth-order valence-electron chi connectivity index (χ4n) is 2.71. The molecule has 1 aromatic carbocycles. The number of hydrogen-bond acceptors (Lipinski definition) is 4. The van der Waals surface area contributed by atoms with E-state index in [9.17, 15) is 4.79 Å². The summed E-state index contributed by atoms with van der Waals surface area (Å²) in [7, 11) is 0. The van der Waals surface area contributed by atoms with Crippen molar-refractivity contribution in [1.29, 1.82) is 0 Å². The van der Waals surface area contributed by atoms with E-state index in [-0.39, 0.29) is 5.91 Å². The van der Waals surface area contributed by atoms with E-state index >= 15 is 0 Å². The molecule has 1 aromatic heterocycles. The Bertz CT molecular complexity index is 654. The van der Waals surface area contributed by atoms with Crippen LogP contribution in [0.4, 0.5) is 5.82 Å². The van der Waals surface area contributed by atoms with Gasteiger partial charge in [0.15, 0.2) is 0 Å². The summed E-state index contributed by atoms with van der Waals surface area (Å²) >= 11 is 5.86. The van der Waals surface area contributed by atoms with Gasteiger partial charge in [-0.15, -0.1) is 0 Å². The molecule has 1 unspecified atom stereocenters. The van der Waals surface area contributed by atoms with Crippen molar-refractivity contribution in [3.8, 4) is 0 Å². The first-order valence-corrected chi connectivity index (χ1v) is 7.99. The molecule has 1 fully saturated rings. The van der Waals surface area contributed by atoms with E-state index in [4.69, 9.17) is 17.3 Å². The molecule has 0 saturated carbocycles. The number of anilines is 1. The lowest BCUT2D eigenvalue weighted by Crippen LogP contribution is -2.51. The van der Waals surface area contributed by atoms with Crippen molar-refractivity contribution < 1.29 is 4.79 Å². The Balaban J connectivity index is 1.60. The van der Waals surface area contributed by atoms with E-state index in [1.165, 1.54) is 0 Å². The van der Waals surface area contributed by atoms with Crippen LogP contribution in [0, 0.1) is 0 Å². The Hall–Kier alpha value is -2.11. The SMILES string of the molecule is NC(C(=O)N1CCN(c2ccc(Cl)cn2)CC1)c1ccccc1. The zero-order chi connectivity index (χ0) is 16.2. The Kier molecular flexibility index (Phi) is 4.79. The van der Waals surface area contributed by atoms with E-state index in [0.29, 0.717) is 18.1 Å². The number of carbonyl (C=O) groups is 1. The largest absolute Gasteiger partial charge is 0.353 e. The second kappa shape index (κ2) is 6.98. The van der Waals surface area contributed by atoms with Crippen molar-refractivity contribution in [3.05, 3.63) is 59.2 Å². The second-order valence-corrected chi connectivity index (χ2v) is 5.97. The number of nitrogens with two attached hydrogens (primary N) is 1. The maximum Gasteiger partial charge on any atom is 0.244 e. The molecule has 2 aromatic rings. The summed E-state index contributed by atoms with van der Waals surface area (Å²) in [6.45, 7) is 2.76. The predicted octanol–water partition coefficient (Wildman–Crippen LogP) is 2.08. The minimum Gasteiger partial charge on any atom is -0.353 e. The molecule has 1 aliphatic heterocycles. The van der Waals surface area contributed by atoms with Crippen LogP contribution in [0.25, 0.3) is 0 Å². The van der Waals surface area contributed by atoms with Gasteiger partial charge in [0.1, 0.15) is 11.9 Å². The van der Waals surface area contributed by atoms with Gasteiger partial charge in [-0.2, -0.15) is 0 Å². The van der Waals surface area contributed by atoms with Gasteiger partial charge in [-0.25, -0.2) is 4.98 Å². The second-order valence-electron chi connectivity index (χ2n) is 5.54. The predicted molar refractivity (Wildman–Crippen MR) is 91.4 cm³/mol. The molecule has 0 radical (unpaired) electrons. The number of rotatable bonds is 3. The van der Waals surface area contributed by atoms with Crippen LogP contribution in [0.1, 0.15) is 11.6 Å². The molecule has 1 amide bonds. The first kappa shape index (κ1) is 15.8. The minimum absolute atomic E-state index is 0.0279. The third-order valence-electron chi connectivity index (χ3n) is 4.05. The number of aromatic nitrogens is 1. The average molecular weight is 331 g/mol. The molecule has 1 saturated heterocycles. The Morgan fingerprint density at radius 3 is 2.39 bits per heavy atom. The summed E-state index contributed by atoms with van der Waals surface area (Å²) in [4.78, 5) is 20.8. The fourth-order valence-corrected chi connectivity index (χ4v) is 2.82. The number of nitrogens with zero attached hydrogens (tertiary/aromatic N) is 3. The van der Waals surface area contributed by atoms with Gasteiger partial charge >= 0.3 is 0 Å². The average Bonchev–Trinajstić information content (AvgIpc) is 2.62. The highest BCUT2D eigenvalue weighted by Gasteiger charge is 2.26. The van der Waals surface area contributed by atoms with Gasteiger partial charge in [0.2, 0.25) is 5.91 Å². The maximum atomic E-state index is 12.5. The van der Waals surface area contributed by atoms with E-state index in [1.54, 1.807) is 6.20 Å². The number of halogens is 1.